The van der Waals surface area contributed by atoms with Crippen molar-refractivity contribution in [2.75, 3.05) is 36.3 Å². The van der Waals surface area contributed by atoms with Gasteiger partial charge in [-0.1, -0.05) is 50.9 Å². The van der Waals surface area contributed by atoms with Gasteiger partial charge in [0.2, 0.25) is 17.7 Å². The van der Waals surface area contributed by atoms with Crippen LogP contribution in [0.15, 0.2) is 53.2 Å². The number of amides is 1. The Hall–Kier alpha value is -4.70. The Kier molecular flexibility index (Phi) is 21.3. The maximum absolute atomic E-state index is 12.0. The fourth-order valence-electron chi connectivity index (χ4n) is 2.83. The van der Waals surface area contributed by atoms with Gasteiger partial charge >= 0.3 is 6.09 Å². The number of allylic oxidation sites excluding steroid dienone is 1. The van der Waals surface area contributed by atoms with Crippen LogP contribution in [-0.4, -0.2) is 67.1 Å². The minimum atomic E-state index is -0.608. The fourth-order valence-corrected chi connectivity index (χ4v) is 2.83. The molecule has 0 unspecified atom stereocenters. The molecule has 1 aromatic carbocycles. The number of thioether (sulfide) groups is 1. The number of nitrogens with one attached hydrogen (secondary N) is 3. The number of benzene rings is 1. The fraction of sp³-hybridized carbons (Fsp3) is 0.367. The standard InChI is InChI=1S/C21H21N7O4.C3H4O.C2H6S.2C2H6/c1-2-3-12-31-21(30)27-19-15-8-10-22-18(15)25-20(26-19)23-11-9-16-24-17(28-32-16)13-4-6-14(29)7-5-13;1-2-3-4;1-3-2;2*1-2/h2-8,10,29H,9,11-12H2,1H3,(H3,22,23,25,26,27,30);4H,1H3;1-2H3;2*1-2H3/b3-2+;;;;. The van der Waals surface area contributed by atoms with Crippen LogP contribution in [0.5, 0.6) is 5.75 Å². The van der Waals surface area contributed by atoms with Crippen LogP contribution in [0.3, 0.4) is 0 Å². The minimum Gasteiger partial charge on any atom is -0.508 e. The first-order chi connectivity index (χ1) is 20.9. The number of hydrogen-bond donors (Lipinski definition) is 5. The van der Waals surface area contributed by atoms with Crippen molar-refractivity contribution in [3.05, 3.63) is 54.6 Å². The van der Waals surface area contributed by atoms with Crippen LogP contribution in [0.1, 0.15) is 47.4 Å². The molecule has 3 aromatic heterocycles. The van der Waals surface area contributed by atoms with E-state index in [4.69, 9.17) is 14.4 Å². The summed E-state index contributed by atoms with van der Waals surface area (Å²) >= 11 is 1.75. The molecule has 0 saturated heterocycles. The van der Waals surface area contributed by atoms with Crippen LogP contribution in [0.25, 0.3) is 22.4 Å². The Balaban J connectivity index is 0.00000141. The zero-order valence-electron chi connectivity index (χ0n) is 26.1. The van der Waals surface area contributed by atoms with Gasteiger partial charge in [-0.15, -0.1) is 0 Å². The van der Waals surface area contributed by atoms with Crippen molar-refractivity contribution in [2.24, 2.45) is 0 Å². The number of aromatic amines is 1. The molecule has 12 nitrogen and oxygen atoms in total. The third-order valence-corrected chi connectivity index (χ3v) is 4.51. The molecular weight excluding hydrogens is 570 g/mol. The highest BCUT2D eigenvalue weighted by atomic mass is 32.2. The lowest BCUT2D eigenvalue weighted by Gasteiger charge is -2.09. The van der Waals surface area contributed by atoms with Gasteiger partial charge in [0.25, 0.3) is 0 Å². The molecule has 0 spiro atoms. The highest BCUT2D eigenvalue weighted by molar-refractivity contribution is 7.97. The van der Waals surface area contributed by atoms with Gasteiger partial charge in [0.1, 0.15) is 29.9 Å². The maximum atomic E-state index is 12.0. The summed E-state index contributed by atoms with van der Waals surface area (Å²) in [6, 6.07) is 8.30. The number of aromatic nitrogens is 5. The lowest BCUT2D eigenvalue weighted by atomic mass is 10.2. The van der Waals surface area contributed by atoms with E-state index in [0.29, 0.717) is 47.5 Å². The molecule has 0 fully saturated rings. The average molecular weight is 614 g/mol. The lowest BCUT2D eigenvalue weighted by Crippen LogP contribution is -2.16. The minimum absolute atomic E-state index is 0.167. The van der Waals surface area contributed by atoms with E-state index in [-0.39, 0.29) is 12.4 Å². The second kappa shape index (κ2) is 24.0. The number of phenols is 1. The zero-order valence-corrected chi connectivity index (χ0v) is 26.9. The molecule has 0 aliphatic rings. The first-order valence-corrected chi connectivity index (χ1v) is 15.3. The second-order valence-corrected chi connectivity index (χ2v) is 8.25. The number of nitrogens with zero attached hydrogens (tertiary/aromatic N) is 4. The molecule has 3 heterocycles. The topological polar surface area (TPSA) is 171 Å². The third kappa shape index (κ3) is 14.7. The van der Waals surface area contributed by atoms with Crippen molar-refractivity contribution in [3.8, 4) is 29.2 Å². The van der Waals surface area contributed by atoms with E-state index in [1.54, 1.807) is 73.5 Å². The average Bonchev–Trinajstić information content (AvgIpc) is 3.71. The maximum Gasteiger partial charge on any atom is 0.413 e. The van der Waals surface area contributed by atoms with Crippen LogP contribution >= 0.6 is 11.8 Å². The summed E-state index contributed by atoms with van der Waals surface area (Å²) < 4.78 is 10.3. The monoisotopic (exact) mass is 613 g/mol. The van der Waals surface area contributed by atoms with E-state index in [1.807, 2.05) is 47.1 Å². The molecule has 0 radical (unpaired) electrons. The molecule has 5 N–H and O–H groups in total. The zero-order chi connectivity index (χ0) is 32.5. The molecule has 4 aromatic rings. The number of hydrogen-bond acceptors (Lipinski definition) is 11. The number of aliphatic hydroxyl groups is 1. The van der Waals surface area contributed by atoms with E-state index in [9.17, 15) is 9.90 Å². The number of anilines is 2. The molecular formula is C30H43N7O5S. The van der Waals surface area contributed by atoms with Crippen molar-refractivity contribution in [2.45, 2.75) is 48.0 Å². The molecule has 0 saturated carbocycles. The molecule has 0 atom stereocenters. The van der Waals surface area contributed by atoms with Crippen LogP contribution in [0.2, 0.25) is 0 Å². The van der Waals surface area contributed by atoms with Crippen LogP contribution in [0, 0.1) is 12.0 Å². The number of aliphatic hydroxyl groups excluding tert-OH is 1. The largest absolute Gasteiger partial charge is 0.508 e. The molecule has 0 bridgehead atoms. The highest BCUT2D eigenvalue weighted by Crippen LogP contribution is 2.22. The molecule has 1 amide bonds. The van der Waals surface area contributed by atoms with Gasteiger partial charge in [0, 0.05) is 31.6 Å². The summed E-state index contributed by atoms with van der Waals surface area (Å²) in [5.74, 6) is 3.93. The predicted octanol–water partition coefficient (Wildman–Crippen LogP) is 6.86. The first kappa shape index (κ1) is 38.3. The van der Waals surface area contributed by atoms with Crippen molar-refractivity contribution in [1.29, 1.82) is 0 Å². The number of rotatable bonds is 8. The lowest BCUT2D eigenvalue weighted by molar-refractivity contribution is 0.174. The Morgan fingerprint density at radius 1 is 1.12 bits per heavy atom. The van der Waals surface area contributed by atoms with E-state index in [2.05, 4.69) is 41.6 Å². The molecule has 4 rings (SSSR count). The number of phenolic OH excluding ortho intramolecular Hbond substituents is 1. The SMILES string of the molecule is C/C=C/COC(=O)Nc1nc(NCCc2nc(-c3ccc(O)cc3)no2)nc2[nH]ccc12.CC.CC.CC#CO.CSC. The van der Waals surface area contributed by atoms with E-state index >= 15 is 0 Å². The summed E-state index contributed by atoms with van der Waals surface area (Å²) in [5, 5.41) is 27.2. The summed E-state index contributed by atoms with van der Waals surface area (Å²) in [4.78, 5) is 28.1. The van der Waals surface area contributed by atoms with E-state index in [1.165, 1.54) is 0 Å². The molecule has 13 heteroatoms. The smallest absolute Gasteiger partial charge is 0.413 e. The molecule has 234 valence electrons. The van der Waals surface area contributed by atoms with Crippen LogP contribution in [0.4, 0.5) is 16.6 Å². The van der Waals surface area contributed by atoms with E-state index in [0.717, 1.165) is 5.56 Å². The third-order valence-electron chi connectivity index (χ3n) is 4.51. The highest BCUT2D eigenvalue weighted by Gasteiger charge is 2.13. The van der Waals surface area contributed by atoms with Gasteiger partial charge in [0.05, 0.1) is 5.39 Å². The Bertz CT molecular complexity index is 1390. The van der Waals surface area contributed by atoms with Gasteiger partial charge in [-0.3, -0.25) is 5.32 Å². The molecule has 0 aliphatic carbocycles. The van der Waals surface area contributed by atoms with Gasteiger partial charge in [0.15, 0.2) is 0 Å². The summed E-state index contributed by atoms with van der Waals surface area (Å²) in [6.45, 7) is 12.0. The molecule has 43 heavy (non-hydrogen) atoms. The predicted molar refractivity (Wildman–Crippen MR) is 175 cm³/mol. The normalized spacial score (nSPS) is 9.30. The van der Waals surface area contributed by atoms with Crippen molar-refractivity contribution >= 4 is 40.7 Å². The second-order valence-electron chi connectivity index (χ2n) is 7.43. The number of carbonyl (C=O) groups is 1. The van der Waals surface area contributed by atoms with Crippen molar-refractivity contribution in [3.63, 3.8) is 0 Å². The number of ether oxygens (including phenoxy) is 1. The summed E-state index contributed by atoms with van der Waals surface area (Å²) in [7, 11) is 0. The number of carbonyl (C=O) groups excluding carboxylic acids is 1. The van der Waals surface area contributed by atoms with Gasteiger partial charge in [-0.25, -0.2) is 4.79 Å². The summed E-state index contributed by atoms with van der Waals surface area (Å²) in [5.41, 5.74) is 1.31. The van der Waals surface area contributed by atoms with Gasteiger partial charge in [-0.2, -0.15) is 26.7 Å². The number of aromatic hydroxyl groups is 1. The van der Waals surface area contributed by atoms with Crippen molar-refractivity contribution in [1.82, 2.24) is 25.1 Å². The van der Waals surface area contributed by atoms with E-state index < -0.39 is 6.09 Å². The summed E-state index contributed by atoms with van der Waals surface area (Å²) in [6.07, 6.45) is 10.8. The Labute approximate surface area is 257 Å². The van der Waals surface area contributed by atoms with Crippen LogP contribution < -0.4 is 10.6 Å². The van der Waals surface area contributed by atoms with Gasteiger partial charge < -0.3 is 29.8 Å². The Morgan fingerprint density at radius 3 is 2.37 bits per heavy atom. The molecule has 0 aliphatic heterocycles. The number of fused-ring (bicyclic) bond motifs is 1. The van der Waals surface area contributed by atoms with Gasteiger partial charge in [-0.05, 0) is 49.8 Å². The number of H-pyrrole nitrogens is 1. The quantitative estimate of drug-likeness (QED) is 0.104. The Morgan fingerprint density at radius 2 is 1.77 bits per heavy atom. The first-order valence-electron chi connectivity index (χ1n) is 13.7. The van der Waals surface area contributed by atoms with Crippen LogP contribution in [-0.2, 0) is 11.2 Å². The van der Waals surface area contributed by atoms with Crippen molar-refractivity contribution < 1.29 is 24.3 Å².